The minimum Gasteiger partial charge on any atom is -0.455 e. The van der Waals surface area contributed by atoms with Gasteiger partial charge in [-0.3, -0.25) is 0 Å². The summed E-state index contributed by atoms with van der Waals surface area (Å²) in [6.45, 7) is 0. The fourth-order valence-electron chi connectivity index (χ4n) is 9.25. The molecule has 55 heavy (non-hydrogen) atoms. The van der Waals surface area contributed by atoms with E-state index >= 15 is 0 Å². The summed E-state index contributed by atoms with van der Waals surface area (Å²) in [7, 11) is 0. The van der Waals surface area contributed by atoms with Crippen molar-refractivity contribution >= 4 is 49.8 Å². The lowest BCUT2D eigenvalue weighted by atomic mass is 9.67. The van der Waals surface area contributed by atoms with Gasteiger partial charge >= 0.3 is 0 Å². The van der Waals surface area contributed by atoms with Crippen molar-refractivity contribution in [3.63, 3.8) is 0 Å². The maximum atomic E-state index is 6.86. The van der Waals surface area contributed by atoms with Gasteiger partial charge in [-0.15, -0.1) is 0 Å². The third-order valence-corrected chi connectivity index (χ3v) is 11.5. The van der Waals surface area contributed by atoms with Crippen LogP contribution >= 0.6 is 0 Å². The molecule has 0 N–H and O–H groups in total. The molecule has 0 aliphatic heterocycles. The fraction of sp³-hybridized carbons (Fsp3) is 0.0189. The SMILES string of the molecule is c1ccc(N(c2ccccc2)c2cccc3oc4c5ccccc5c(-c5ccc6c(c5)C(c5ccccc5)(c5ccccc5)c5ccccc5-6)cc4c23)cc1. The second kappa shape index (κ2) is 12.5. The molecule has 1 heterocycles. The van der Waals surface area contributed by atoms with E-state index in [9.17, 15) is 0 Å². The van der Waals surface area contributed by atoms with Crippen LogP contribution in [0.1, 0.15) is 22.3 Å². The number of benzene rings is 9. The lowest BCUT2D eigenvalue weighted by Crippen LogP contribution is -2.28. The van der Waals surface area contributed by atoms with Crippen LogP contribution in [0.2, 0.25) is 0 Å². The Hall–Kier alpha value is -7.16. The molecule has 0 fully saturated rings. The van der Waals surface area contributed by atoms with E-state index in [4.69, 9.17) is 4.42 Å². The Morgan fingerprint density at radius 3 is 1.62 bits per heavy atom. The van der Waals surface area contributed by atoms with Crippen LogP contribution in [0, 0.1) is 0 Å². The third kappa shape index (κ3) is 4.68. The lowest BCUT2D eigenvalue weighted by molar-refractivity contribution is 0.672. The summed E-state index contributed by atoms with van der Waals surface area (Å²) < 4.78 is 6.86. The molecule has 258 valence electrons. The number of hydrogen-bond acceptors (Lipinski definition) is 2. The Kier molecular flexibility index (Phi) is 7.11. The first-order chi connectivity index (χ1) is 27.3. The van der Waals surface area contributed by atoms with Crippen molar-refractivity contribution in [3.8, 4) is 22.3 Å². The smallest absolute Gasteiger partial charge is 0.143 e. The van der Waals surface area contributed by atoms with Crippen LogP contribution in [0.4, 0.5) is 17.1 Å². The van der Waals surface area contributed by atoms with Crippen LogP contribution in [0.3, 0.4) is 0 Å². The molecule has 0 bridgehead atoms. The van der Waals surface area contributed by atoms with E-state index in [0.717, 1.165) is 44.4 Å². The van der Waals surface area contributed by atoms with Gasteiger partial charge < -0.3 is 9.32 Å². The number of nitrogens with zero attached hydrogens (tertiary/aromatic N) is 1. The van der Waals surface area contributed by atoms with Crippen LogP contribution in [-0.4, -0.2) is 0 Å². The molecule has 0 radical (unpaired) electrons. The highest BCUT2D eigenvalue weighted by Crippen LogP contribution is 2.57. The summed E-state index contributed by atoms with van der Waals surface area (Å²) in [5.74, 6) is 0. The van der Waals surface area contributed by atoms with E-state index in [-0.39, 0.29) is 0 Å². The molecule has 11 rings (SSSR count). The summed E-state index contributed by atoms with van der Waals surface area (Å²) in [4.78, 5) is 2.34. The van der Waals surface area contributed by atoms with Crippen LogP contribution in [0.25, 0.3) is 55.0 Å². The van der Waals surface area contributed by atoms with Crippen molar-refractivity contribution in [1.82, 2.24) is 0 Å². The molecule has 2 heteroatoms. The second-order valence-corrected chi connectivity index (χ2v) is 14.4. The zero-order valence-electron chi connectivity index (χ0n) is 30.1. The Morgan fingerprint density at radius 2 is 0.945 bits per heavy atom. The molecule has 1 aromatic heterocycles. The van der Waals surface area contributed by atoms with Crippen LogP contribution in [0.15, 0.2) is 217 Å². The maximum absolute atomic E-state index is 6.86. The van der Waals surface area contributed by atoms with E-state index in [1.165, 1.54) is 49.9 Å². The quantitative estimate of drug-likeness (QED) is 0.172. The molecule has 0 amide bonds. The van der Waals surface area contributed by atoms with Gasteiger partial charge in [-0.1, -0.05) is 164 Å². The average molecular weight is 702 g/mol. The second-order valence-electron chi connectivity index (χ2n) is 14.4. The van der Waals surface area contributed by atoms with Gasteiger partial charge in [-0.25, -0.2) is 0 Å². The highest BCUT2D eigenvalue weighted by atomic mass is 16.3. The highest BCUT2D eigenvalue weighted by Gasteiger charge is 2.46. The maximum Gasteiger partial charge on any atom is 0.143 e. The predicted molar refractivity (Wildman–Crippen MR) is 229 cm³/mol. The molecular formula is C53H35NO. The van der Waals surface area contributed by atoms with Crippen LogP contribution < -0.4 is 4.90 Å². The first-order valence-electron chi connectivity index (χ1n) is 18.9. The summed E-state index contributed by atoms with van der Waals surface area (Å²) >= 11 is 0. The van der Waals surface area contributed by atoms with Gasteiger partial charge in [0.15, 0.2) is 0 Å². The van der Waals surface area contributed by atoms with Gasteiger partial charge in [0.05, 0.1) is 16.5 Å². The number of hydrogen-bond donors (Lipinski definition) is 0. The predicted octanol–water partition coefficient (Wildman–Crippen LogP) is 14.2. The van der Waals surface area contributed by atoms with Gasteiger partial charge in [0.1, 0.15) is 11.2 Å². The summed E-state index contributed by atoms with van der Waals surface area (Å²) in [5, 5.41) is 4.45. The van der Waals surface area contributed by atoms with E-state index in [0.29, 0.717) is 0 Å². The largest absolute Gasteiger partial charge is 0.455 e. The summed E-state index contributed by atoms with van der Waals surface area (Å²) in [6, 6.07) is 76.8. The molecule has 9 aromatic carbocycles. The van der Waals surface area contributed by atoms with E-state index in [2.05, 4.69) is 217 Å². The molecule has 10 aromatic rings. The molecule has 0 unspecified atom stereocenters. The van der Waals surface area contributed by atoms with Crippen molar-refractivity contribution in [2.75, 3.05) is 4.90 Å². The van der Waals surface area contributed by atoms with Crippen LogP contribution in [-0.2, 0) is 5.41 Å². The Morgan fingerprint density at radius 1 is 0.382 bits per heavy atom. The van der Waals surface area contributed by atoms with Crippen molar-refractivity contribution in [3.05, 3.63) is 235 Å². The van der Waals surface area contributed by atoms with Gasteiger partial charge in [0.25, 0.3) is 0 Å². The standard InChI is InChI=1S/C53H35NO/c1-5-18-37(19-6-1)53(38-20-7-2-8-21-38)47-29-16-15-27-42(47)43-33-32-36(34-48(43)53)45-35-46-51-49(54(39-22-9-3-10-23-39)40-24-11-4-12-25-40)30-17-31-50(51)55-52(46)44-28-14-13-26-41(44)45/h1-35H. The van der Waals surface area contributed by atoms with Crippen molar-refractivity contribution in [1.29, 1.82) is 0 Å². The number of rotatable bonds is 6. The first kappa shape index (κ1) is 31.4. The lowest BCUT2D eigenvalue weighted by Gasteiger charge is -2.34. The molecular weight excluding hydrogens is 667 g/mol. The zero-order valence-corrected chi connectivity index (χ0v) is 30.1. The number of fused-ring (bicyclic) bond motifs is 8. The molecule has 0 spiro atoms. The minimum absolute atomic E-state index is 0.480. The highest BCUT2D eigenvalue weighted by molar-refractivity contribution is 6.22. The first-order valence-corrected chi connectivity index (χ1v) is 18.9. The van der Waals surface area contributed by atoms with Gasteiger partial charge in [0.2, 0.25) is 0 Å². The Balaban J connectivity index is 1.21. The Labute approximate surface area is 320 Å². The molecule has 1 aliphatic rings. The summed E-state index contributed by atoms with van der Waals surface area (Å²) in [5.41, 5.74) is 14.6. The minimum atomic E-state index is -0.480. The molecule has 2 nitrogen and oxygen atoms in total. The van der Waals surface area contributed by atoms with Gasteiger partial charge in [0, 0.05) is 22.1 Å². The number of para-hydroxylation sites is 2. The topological polar surface area (TPSA) is 16.4 Å². The van der Waals surface area contributed by atoms with E-state index < -0.39 is 5.41 Å². The number of anilines is 3. The fourth-order valence-corrected chi connectivity index (χ4v) is 9.25. The van der Waals surface area contributed by atoms with Gasteiger partial charge in [-0.05, 0) is 98.4 Å². The van der Waals surface area contributed by atoms with Gasteiger partial charge in [-0.2, -0.15) is 0 Å². The van der Waals surface area contributed by atoms with Crippen LogP contribution in [0.5, 0.6) is 0 Å². The Bertz CT molecular complexity index is 2940. The summed E-state index contributed by atoms with van der Waals surface area (Å²) in [6.07, 6.45) is 0. The average Bonchev–Trinajstić information content (AvgIpc) is 3.79. The number of furan rings is 1. The molecule has 1 aliphatic carbocycles. The van der Waals surface area contributed by atoms with Crippen molar-refractivity contribution < 1.29 is 4.42 Å². The molecule has 0 saturated carbocycles. The van der Waals surface area contributed by atoms with E-state index in [1.54, 1.807) is 0 Å². The third-order valence-electron chi connectivity index (χ3n) is 11.5. The van der Waals surface area contributed by atoms with Crippen molar-refractivity contribution in [2.24, 2.45) is 0 Å². The van der Waals surface area contributed by atoms with Crippen molar-refractivity contribution in [2.45, 2.75) is 5.41 Å². The normalized spacial score (nSPS) is 12.9. The molecule has 0 saturated heterocycles. The monoisotopic (exact) mass is 701 g/mol. The molecule has 0 atom stereocenters. The zero-order chi connectivity index (χ0) is 36.3. The van der Waals surface area contributed by atoms with E-state index in [1.807, 2.05) is 0 Å².